The predicted octanol–water partition coefficient (Wildman–Crippen LogP) is 4.51. The number of nitrogens with one attached hydrogen (secondary N) is 1. The van der Waals surface area contributed by atoms with Crippen molar-refractivity contribution in [3.8, 4) is 11.4 Å². The van der Waals surface area contributed by atoms with Crippen LogP contribution in [0.4, 0.5) is 0 Å². The fourth-order valence-electron chi connectivity index (χ4n) is 3.86. The van der Waals surface area contributed by atoms with Gasteiger partial charge in [0.05, 0.1) is 18.9 Å². The van der Waals surface area contributed by atoms with Gasteiger partial charge in [-0.2, -0.15) is 0 Å². The molecule has 1 unspecified atom stereocenters. The van der Waals surface area contributed by atoms with Crippen LogP contribution < -0.4 is 10.1 Å². The third-order valence-corrected chi connectivity index (χ3v) is 6.76. The van der Waals surface area contributed by atoms with Gasteiger partial charge in [0.1, 0.15) is 11.6 Å². The number of ether oxygens (including phenoxy) is 1. The first-order chi connectivity index (χ1) is 15.2. The zero-order valence-electron chi connectivity index (χ0n) is 17.5. The van der Waals surface area contributed by atoms with Crippen molar-refractivity contribution in [3.63, 3.8) is 0 Å². The van der Waals surface area contributed by atoms with Crippen LogP contribution in [0.2, 0.25) is 0 Å². The fourth-order valence-corrected chi connectivity index (χ4v) is 4.63. The number of methoxy groups -OCH3 is 1. The highest BCUT2D eigenvalue weighted by Crippen LogP contribution is 2.42. The van der Waals surface area contributed by atoms with Crippen LogP contribution in [0, 0.1) is 5.92 Å². The number of carbonyl (C=O) groups is 1. The van der Waals surface area contributed by atoms with Gasteiger partial charge < -0.3 is 10.1 Å². The van der Waals surface area contributed by atoms with Crippen LogP contribution >= 0.6 is 11.8 Å². The molecule has 1 atom stereocenters. The molecule has 0 radical (unpaired) electrons. The number of amides is 1. The van der Waals surface area contributed by atoms with Crippen molar-refractivity contribution in [2.45, 2.75) is 42.8 Å². The number of carbonyl (C=O) groups excluding carboxylic acids is 1. The van der Waals surface area contributed by atoms with Crippen molar-refractivity contribution in [2.24, 2.45) is 5.92 Å². The maximum absolute atomic E-state index is 12.8. The molecule has 160 valence electrons. The summed E-state index contributed by atoms with van der Waals surface area (Å²) in [5.41, 5.74) is 2.18. The molecular weight excluding hydrogens is 408 g/mol. The van der Waals surface area contributed by atoms with E-state index in [1.165, 1.54) is 11.8 Å². The summed E-state index contributed by atoms with van der Waals surface area (Å²) in [5.74, 6) is 3.15. The van der Waals surface area contributed by atoms with Crippen molar-refractivity contribution in [2.75, 3.05) is 12.9 Å². The van der Waals surface area contributed by atoms with Gasteiger partial charge in [-0.25, -0.2) is 0 Å². The van der Waals surface area contributed by atoms with E-state index < -0.39 is 0 Å². The van der Waals surface area contributed by atoms with Crippen LogP contribution in [0.5, 0.6) is 5.75 Å². The Bertz CT molecular complexity index is 1040. The molecule has 0 saturated heterocycles. The molecule has 1 heterocycles. The van der Waals surface area contributed by atoms with Crippen molar-refractivity contribution in [1.29, 1.82) is 0 Å². The van der Waals surface area contributed by atoms with Crippen molar-refractivity contribution in [3.05, 3.63) is 66.0 Å². The maximum atomic E-state index is 12.8. The van der Waals surface area contributed by atoms with Gasteiger partial charge in [0.2, 0.25) is 5.91 Å². The first-order valence-electron chi connectivity index (χ1n) is 10.8. The van der Waals surface area contributed by atoms with Gasteiger partial charge in [0.15, 0.2) is 5.16 Å². The number of hydrogen-bond acceptors (Lipinski definition) is 5. The van der Waals surface area contributed by atoms with Gasteiger partial charge in [0.25, 0.3) is 0 Å². The lowest BCUT2D eigenvalue weighted by atomic mass is 10.0. The summed E-state index contributed by atoms with van der Waals surface area (Å²) in [5, 5.41) is 12.9. The highest BCUT2D eigenvalue weighted by Gasteiger charge is 2.34. The van der Waals surface area contributed by atoms with Crippen LogP contribution in [0.1, 0.15) is 49.0 Å². The summed E-state index contributed by atoms with van der Waals surface area (Å²) < 4.78 is 7.37. The van der Waals surface area contributed by atoms with Crippen LogP contribution in [-0.2, 0) is 4.79 Å². The molecule has 31 heavy (non-hydrogen) atoms. The highest BCUT2D eigenvalue weighted by molar-refractivity contribution is 7.99. The second-order valence-corrected chi connectivity index (χ2v) is 9.17. The number of hydrogen-bond donors (Lipinski definition) is 1. The van der Waals surface area contributed by atoms with E-state index in [0.29, 0.717) is 17.6 Å². The van der Waals surface area contributed by atoms with Crippen LogP contribution in [0.3, 0.4) is 0 Å². The summed E-state index contributed by atoms with van der Waals surface area (Å²) in [6.45, 7) is 0. The van der Waals surface area contributed by atoms with E-state index in [4.69, 9.17) is 4.74 Å². The quantitative estimate of drug-likeness (QED) is 0.502. The number of rotatable bonds is 9. The molecule has 6 nitrogen and oxygen atoms in total. The molecule has 2 aliphatic carbocycles. The third-order valence-electron chi connectivity index (χ3n) is 5.83. The van der Waals surface area contributed by atoms with Crippen LogP contribution in [0.25, 0.3) is 5.69 Å². The van der Waals surface area contributed by atoms with Gasteiger partial charge >= 0.3 is 0 Å². The van der Waals surface area contributed by atoms with Gasteiger partial charge in [-0.1, -0.05) is 42.1 Å². The zero-order chi connectivity index (χ0) is 21.2. The standard InChI is InChI=1S/C24H26N4O2S/c1-30-20-13-11-17(12-14-20)22(16-7-8-16)25-21(29)15-31-24-27-26-23(18-9-10-18)28(24)19-5-3-2-4-6-19/h2-6,11-14,16,18,22H,7-10,15H2,1H3,(H,25,29). The molecule has 2 aromatic carbocycles. The SMILES string of the molecule is COc1ccc(C(NC(=O)CSc2nnc(C3CC3)n2-c2ccccc2)C2CC2)cc1. The first kappa shape index (κ1) is 20.1. The third kappa shape index (κ3) is 4.61. The molecular formula is C24H26N4O2S. The molecule has 1 N–H and O–H groups in total. The Morgan fingerprint density at radius 2 is 1.84 bits per heavy atom. The summed E-state index contributed by atoms with van der Waals surface area (Å²) in [6, 6.07) is 18.2. The maximum Gasteiger partial charge on any atom is 0.230 e. The summed E-state index contributed by atoms with van der Waals surface area (Å²) in [6.07, 6.45) is 4.61. The van der Waals surface area contributed by atoms with Crippen LogP contribution in [-0.4, -0.2) is 33.5 Å². The van der Waals surface area contributed by atoms with Crippen molar-refractivity contribution in [1.82, 2.24) is 20.1 Å². The number of nitrogens with zero attached hydrogens (tertiary/aromatic N) is 3. The molecule has 2 aliphatic rings. The molecule has 5 rings (SSSR count). The smallest absolute Gasteiger partial charge is 0.230 e. The van der Waals surface area contributed by atoms with E-state index in [2.05, 4.69) is 32.2 Å². The molecule has 2 fully saturated rings. The second-order valence-electron chi connectivity index (χ2n) is 8.23. The second kappa shape index (κ2) is 8.75. The van der Waals surface area contributed by atoms with Gasteiger partial charge in [-0.15, -0.1) is 10.2 Å². The fraction of sp³-hybridized carbons (Fsp3) is 0.375. The van der Waals surface area contributed by atoms with Gasteiger partial charge in [-0.3, -0.25) is 9.36 Å². The number of para-hydroxylation sites is 1. The average Bonchev–Trinajstić information content (AvgIpc) is 3.75. The summed E-state index contributed by atoms with van der Waals surface area (Å²) in [4.78, 5) is 12.8. The van der Waals surface area contributed by atoms with Gasteiger partial charge in [0, 0.05) is 11.6 Å². The number of aromatic nitrogens is 3. The Kier molecular flexibility index (Phi) is 5.68. The normalized spacial score (nSPS) is 16.7. The van der Waals surface area contributed by atoms with E-state index >= 15 is 0 Å². The molecule has 0 aliphatic heterocycles. The summed E-state index contributed by atoms with van der Waals surface area (Å²) >= 11 is 1.45. The Morgan fingerprint density at radius 3 is 2.48 bits per heavy atom. The van der Waals surface area contributed by atoms with E-state index in [0.717, 1.165) is 53.7 Å². The lowest BCUT2D eigenvalue weighted by molar-refractivity contribution is -0.119. The minimum absolute atomic E-state index is 0.0216. The highest BCUT2D eigenvalue weighted by atomic mass is 32.2. The summed E-state index contributed by atoms with van der Waals surface area (Å²) in [7, 11) is 1.66. The van der Waals surface area contributed by atoms with Gasteiger partial charge in [-0.05, 0) is 61.4 Å². The van der Waals surface area contributed by atoms with Crippen molar-refractivity contribution < 1.29 is 9.53 Å². The molecule has 1 amide bonds. The van der Waals surface area contributed by atoms with E-state index in [1.54, 1.807) is 7.11 Å². The van der Waals surface area contributed by atoms with E-state index in [9.17, 15) is 4.79 Å². The minimum atomic E-state index is 0.0216. The topological polar surface area (TPSA) is 69.0 Å². The molecule has 0 spiro atoms. The molecule has 2 saturated carbocycles. The molecule has 7 heteroatoms. The van der Waals surface area contributed by atoms with E-state index in [1.807, 2.05) is 42.5 Å². The Hall–Kier alpha value is -2.80. The average molecular weight is 435 g/mol. The van der Waals surface area contributed by atoms with E-state index in [-0.39, 0.29) is 11.9 Å². The largest absolute Gasteiger partial charge is 0.497 e. The lowest BCUT2D eigenvalue weighted by Gasteiger charge is -2.19. The molecule has 1 aromatic heterocycles. The zero-order valence-corrected chi connectivity index (χ0v) is 18.3. The molecule has 0 bridgehead atoms. The Labute approximate surface area is 186 Å². The first-order valence-corrected chi connectivity index (χ1v) is 11.8. The molecule has 3 aromatic rings. The van der Waals surface area contributed by atoms with Crippen LogP contribution in [0.15, 0.2) is 59.8 Å². The monoisotopic (exact) mass is 434 g/mol. The van der Waals surface area contributed by atoms with Crippen molar-refractivity contribution >= 4 is 17.7 Å². The Morgan fingerprint density at radius 1 is 1.10 bits per heavy atom. The lowest BCUT2D eigenvalue weighted by Crippen LogP contribution is -2.31. The Balaban J connectivity index is 1.28. The predicted molar refractivity (Wildman–Crippen MR) is 121 cm³/mol. The number of benzene rings is 2. The number of thioether (sulfide) groups is 1. The minimum Gasteiger partial charge on any atom is -0.497 e.